The van der Waals surface area contributed by atoms with Crippen molar-refractivity contribution in [3.05, 3.63) is 71.8 Å². The molecule has 1 aliphatic rings. The van der Waals surface area contributed by atoms with Crippen molar-refractivity contribution < 1.29 is 22.7 Å². The first kappa shape index (κ1) is 21.3. The molecule has 3 aromatic carbocycles. The molecular weight excluding hydrogens is 416 g/mol. The number of amides is 1. The Hall–Kier alpha value is -2.94. The molecule has 0 unspecified atom stereocenters. The Kier molecular flexibility index (Phi) is 6.22. The van der Waals surface area contributed by atoms with Crippen molar-refractivity contribution in [3.63, 3.8) is 0 Å². The molecule has 1 N–H and O–H groups in total. The number of morpholine rings is 1. The van der Waals surface area contributed by atoms with Gasteiger partial charge in [0.1, 0.15) is 10.6 Å². The Morgan fingerprint density at radius 2 is 1.81 bits per heavy atom. The van der Waals surface area contributed by atoms with E-state index in [-0.39, 0.29) is 35.2 Å². The highest BCUT2D eigenvalue weighted by Crippen LogP contribution is 2.28. The first-order chi connectivity index (χ1) is 15.0. The van der Waals surface area contributed by atoms with Crippen molar-refractivity contribution in [1.29, 1.82) is 0 Å². The van der Waals surface area contributed by atoms with Crippen LogP contribution in [0.5, 0.6) is 5.75 Å². The predicted molar refractivity (Wildman–Crippen MR) is 118 cm³/mol. The summed E-state index contributed by atoms with van der Waals surface area (Å²) in [7, 11) is -2.40. The summed E-state index contributed by atoms with van der Waals surface area (Å²) in [6.45, 7) is 1.54. The molecule has 1 aliphatic heterocycles. The molecule has 0 aliphatic carbocycles. The van der Waals surface area contributed by atoms with Crippen LogP contribution in [0.4, 0.5) is 0 Å². The Bertz CT molecular complexity index is 1200. The van der Waals surface area contributed by atoms with E-state index in [1.165, 1.54) is 23.5 Å². The summed E-state index contributed by atoms with van der Waals surface area (Å²) < 4.78 is 38.1. The third-order valence-electron chi connectivity index (χ3n) is 5.33. The lowest BCUT2D eigenvalue weighted by molar-refractivity contribution is 0.0729. The smallest absolute Gasteiger partial charge is 0.251 e. The van der Waals surface area contributed by atoms with Gasteiger partial charge in [0, 0.05) is 25.2 Å². The average Bonchev–Trinajstić information content (AvgIpc) is 2.82. The Balaban J connectivity index is 1.58. The van der Waals surface area contributed by atoms with Gasteiger partial charge in [-0.1, -0.05) is 42.5 Å². The van der Waals surface area contributed by atoms with E-state index in [9.17, 15) is 13.2 Å². The second kappa shape index (κ2) is 9.05. The van der Waals surface area contributed by atoms with Gasteiger partial charge in [-0.25, -0.2) is 8.42 Å². The zero-order valence-corrected chi connectivity index (χ0v) is 18.0. The number of nitrogens with zero attached hydrogens (tertiary/aromatic N) is 1. The zero-order chi connectivity index (χ0) is 21.8. The molecule has 4 rings (SSSR count). The highest BCUT2D eigenvalue weighted by Gasteiger charge is 2.30. The lowest BCUT2D eigenvalue weighted by Crippen LogP contribution is -2.40. The minimum atomic E-state index is -3.81. The van der Waals surface area contributed by atoms with Crippen LogP contribution < -0.4 is 10.1 Å². The maximum absolute atomic E-state index is 13.1. The molecule has 1 heterocycles. The summed E-state index contributed by atoms with van der Waals surface area (Å²) in [6, 6.07) is 18.3. The molecule has 0 saturated carbocycles. The molecule has 7 nitrogen and oxygen atoms in total. The highest BCUT2D eigenvalue weighted by molar-refractivity contribution is 7.89. The van der Waals surface area contributed by atoms with Crippen molar-refractivity contribution >= 4 is 26.7 Å². The van der Waals surface area contributed by atoms with Gasteiger partial charge in [-0.15, -0.1) is 0 Å². The number of nitrogens with one attached hydrogen (secondary N) is 1. The van der Waals surface area contributed by atoms with E-state index in [4.69, 9.17) is 9.47 Å². The summed E-state index contributed by atoms with van der Waals surface area (Å²) in [5, 5.41) is 5.06. The van der Waals surface area contributed by atoms with Gasteiger partial charge in [0.2, 0.25) is 10.0 Å². The quantitative estimate of drug-likeness (QED) is 0.637. The summed E-state index contributed by atoms with van der Waals surface area (Å²) >= 11 is 0. The van der Waals surface area contributed by atoms with Crippen LogP contribution in [0.3, 0.4) is 0 Å². The number of fused-ring (bicyclic) bond motifs is 1. The zero-order valence-electron chi connectivity index (χ0n) is 17.2. The minimum Gasteiger partial charge on any atom is -0.495 e. The number of carbonyl (C=O) groups is 1. The fourth-order valence-electron chi connectivity index (χ4n) is 3.67. The number of hydrogen-bond acceptors (Lipinski definition) is 5. The molecule has 162 valence electrons. The van der Waals surface area contributed by atoms with Crippen LogP contribution in [0.1, 0.15) is 15.9 Å². The molecule has 0 aromatic heterocycles. The summed E-state index contributed by atoms with van der Waals surface area (Å²) in [5.41, 5.74) is 1.24. The van der Waals surface area contributed by atoms with Crippen molar-refractivity contribution in [2.75, 3.05) is 33.4 Å². The fraction of sp³-hybridized carbons (Fsp3) is 0.261. The molecule has 31 heavy (non-hydrogen) atoms. The lowest BCUT2D eigenvalue weighted by Gasteiger charge is -2.26. The standard InChI is InChI=1S/C23H24N2O5S/c1-29-21-10-9-18(15-22(21)31(27,28)25-11-13-30-14-12-25)23(26)24-16-19-7-4-6-17-5-2-3-8-20(17)19/h2-10,15H,11-14,16H2,1H3,(H,24,26). The third-order valence-corrected chi connectivity index (χ3v) is 7.25. The number of benzene rings is 3. The van der Waals surface area contributed by atoms with Crippen LogP contribution >= 0.6 is 0 Å². The van der Waals surface area contributed by atoms with Crippen LogP contribution in [0.15, 0.2) is 65.6 Å². The van der Waals surface area contributed by atoms with Crippen LogP contribution in [-0.2, 0) is 21.3 Å². The molecule has 1 amide bonds. The van der Waals surface area contributed by atoms with E-state index >= 15 is 0 Å². The summed E-state index contributed by atoms with van der Waals surface area (Å²) in [6.07, 6.45) is 0. The summed E-state index contributed by atoms with van der Waals surface area (Å²) in [5.74, 6) is -0.147. The number of methoxy groups -OCH3 is 1. The molecule has 0 bridgehead atoms. The van der Waals surface area contributed by atoms with Crippen LogP contribution in [0, 0.1) is 0 Å². The average molecular weight is 441 g/mol. The van der Waals surface area contributed by atoms with Gasteiger partial charge in [-0.05, 0) is 34.5 Å². The van der Waals surface area contributed by atoms with Gasteiger partial charge in [0.05, 0.1) is 20.3 Å². The van der Waals surface area contributed by atoms with Crippen LogP contribution in [-0.4, -0.2) is 52.0 Å². The Morgan fingerprint density at radius 3 is 2.58 bits per heavy atom. The maximum atomic E-state index is 13.1. The van der Waals surface area contributed by atoms with Gasteiger partial charge < -0.3 is 14.8 Å². The number of carbonyl (C=O) groups excluding carboxylic acids is 1. The SMILES string of the molecule is COc1ccc(C(=O)NCc2cccc3ccccc23)cc1S(=O)(=O)N1CCOCC1. The predicted octanol–water partition coefficient (Wildman–Crippen LogP) is 2.80. The normalized spacial score (nSPS) is 15.0. The highest BCUT2D eigenvalue weighted by atomic mass is 32.2. The van der Waals surface area contributed by atoms with Gasteiger partial charge in [-0.3, -0.25) is 4.79 Å². The topological polar surface area (TPSA) is 84.9 Å². The minimum absolute atomic E-state index is 0.0188. The van der Waals surface area contributed by atoms with Gasteiger partial charge in [-0.2, -0.15) is 4.31 Å². The van der Waals surface area contributed by atoms with E-state index in [0.717, 1.165) is 16.3 Å². The maximum Gasteiger partial charge on any atom is 0.251 e. The van der Waals surface area contributed by atoms with E-state index in [1.807, 2.05) is 42.5 Å². The lowest BCUT2D eigenvalue weighted by atomic mass is 10.0. The molecule has 3 aromatic rings. The number of hydrogen-bond donors (Lipinski definition) is 1. The van der Waals surface area contributed by atoms with Crippen molar-refractivity contribution in [3.8, 4) is 5.75 Å². The number of ether oxygens (including phenoxy) is 2. The fourth-order valence-corrected chi connectivity index (χ4v) is 5.26. The van der Waals surface area contributed by atoms with E-state index in [0.29, 0.717) is 19.8 Å². The number of sulfonamides is 1. The molecule has 1 fully saturated rings. The van der Waals surface area contributed by atoms with Crippen molar-refractivity contribution in [1.82, 2.24) is 9.62 Å². The second-order valence-electron chi connectivity index (χ2n) is 7.20. The third kappa shape index (κ3) is 4.41. The molecule has 1 saturated heterocycles. The molecule has 0 radical (unpaired) electrons. The molecule has 0 spiro atoms. The Labute approximate surface area is 181 Å². The molecule has 0 atom stereocenters. The van der Waals surface area contributed by atoms with Gasteiger partial charge in [0.15, 0.2) is 0 Å². The van der Waals surface area contributed by atoms with Crippen molar-refractivity contribution in [2.24, 2.45) is 0 Å². The largest absolute Gasteiger partial charge is 0.495 e. The van der Waals surface area contributed by atoms with Crippen LogP contribution in [0.2, 0.25) is 0 Å². The molecule has 8 heteroatoms. The first-order valence-electron chi connectivity index (χ1n) is 10.0. The van der Waals surface area contributed by atoms with Gasteiger partial charge in [0.25, 0.3) is 5.91 Å². The molecular formula is C23H24N2O5S. The Morgan fingerprint density at radius 1 is 1.06 bits per heavy atom. The summed E-state index contributed by atoms with van der Waals surface area (Å²) in [4.78, 5) is 12.8. The van der Waals surface area contributed by atoms with Gasteiger partial charge >= 0.3 is 0 Å². The first-order valence-corrected chi connectivity index (χ1v) is 11.5. The second-order valence-corrected chi connectivity index (χ2v) is 9.11. The van der Waals surface area contributed by atoms with E-state index in [1.54, 1.807) is 6.07 Å². The number of rotatable bonds is 6. The van der Waals surface area contributed by atoms with Crippen LogP contribution in [0.25, 0.3) is 10.8 Å². The van der Waals surface area contributed by atoms with E-state index in [2.05, 4.69) is 5.32 Å². The van der Waals surface area contributed by atoms with E-state index < -0.39 is 10.0 Å². The van der Waals surface area contributed by atoms with Crippen molar-refractivity contribution in [2.45, 2.75) is 11.4 Å². The monoisotopic (exact) mass is 440 g/mol.